The Morgan fingerprint density at radius 1 is 1.13 bits per heavy atom. The lowest BCUT2D eigenvalue weighted by atomic mass is 10.0. The molecule has 7 nitrogen and oxygen atoms in total. The van der Waals surface area contributed by atoms with Gasteiger partial charge in [0.2, 0.25) is 5.91 Å². The van der Waals surface area contributed by atoms with Crippen LogP contribution in [0.4, 0.5) is 0 Å². The lowest BCUT2D eigenvalue weighted by molar-refractivity contribution is -0.134. The molecule has 2 amide bonds. The number of H-pyrrole nitrogens is 1. The first kappa shape index (κ1) is 22.5. The first-order chi connectivity index (χ1) is 14.8. The Labute approximate surface area is 185 Å². The third-order valence-corrected chi connectivity index (χ3v) is 5.36. The maximum absolute atomic E-state index is 13.3. The Bertz CT molecular complexity index is 1160. The number of aromatic amines is 1. The number of fused-ring (bicyclic) bond motifs is 1. The minimum Gasteiger partial charge on any atom is -0.340 e. The number of amides is 2. The van der Waals surface area contributed by atoms with Crippen LogP contribution in [-0.2, 0) is 11.3 Å². The van der Waals surface area contributed by atoms with E-state index in [2.05, 4.69) is 15.3 Å². The number of para-hydroxylation sites is 1. The highest BCUT2D eigenvalue weighted by molar-refractivity contribution is 6.33. The van der Waals surface area contributed by atoms with Gasteiger partial charge in [0.05, 0.1) is 28.0 Å². The van der Waals surface area contributed by atoms with Gasteiger partial charge < -0.3 is 15.2 Å². The van der Waals surface area contributed by atoms with Crippen LogP contribution in [0.25, 0.3) is 10.9 Å². The highest BCUT2D eigenvalue weighted by Crippen LogP contribution is 2.16. The predicted molar refractivity (Wildman–Crippen MR) is 121 cm³/mol. The largest absolute Gasteiger partial charge is 0.340 e. The standard InChI is InChI=1S/C23H25ClN4O3/c1-4-28(13-19-25-18-12-8-6-10-16(18)22(30)26-19)23(31)20(14(2)3)27-21(29)15-9-5-7-11-17(15)24/h5-12,14,20H,4,13H2,1-3H3,(H,27,29)(H,25,26,30). The molecule has 8 heteroatoms. The second-order valence-corrected chi connectivity index (χ2v) is 7.96. The quantitative estimate of drug-likeness (QED) is 0.588. The van der Waals surface area contributed by atoms with Gasteiger partial charge in [0.1, 0.15) is 11.9 Å². The molecule has 0 aliphatic heterocycles. The van der Waals surface area contributed by atoms with Gasteiger partial charge in [-0.1, -0.05) is 49.7 Å². The summed E-state index contributed by atoms with van der Waals surface area (Å²) in [6.07, 6.45) is 0. The molecule has 3 aromatic rings. The van der Waals surface area contributed by atoms with Gasteiger partial charge in [0, 0.05) is 6.54 Å². The molecule has 2 aromatic carbocycles. The fraction of sp³-hybridized carbons (Fsp3) is 0.304. The van der Waals surface area contributed by atoms with Crippen LogP contribution in [0.5, 0.6) is 0 Å². The highest BCUT2D eigenvalue weighted by atomic mass is 35.5. The summed E-state index contributed by atoms with van der Waals surface area (Å²) in [5, 5.41) is 3.62. The van der Waals surface area contributed by atoms with Gasteiger partial charge in [0.15, 0.2) is 0 Å². The van der Waals surface area contributed by atoms with Gasteiger partial charge in [-0.25, -0.2) is 4.98 Å². The number of carbonyl (C=O) groups excluding carboxylic acids is 2. The van der Waals surface area contributed by atoms with Crippen molar-refractivity contribution >= 4 is 34.3 Å². The van der Waals surface area contributed by atoms with Crippen LogP contribution in [0.15, 0.2) is 53.3 Å². The molecule has 1 heterocycles. The van der Waals surface area contributed by atoms with Gasteiger partial charge in [0.25, 0.3) is 11.5 Å². The minimum absolute atomic E-state index is 0.126. The summed E-state index contributed by atoms with van der Waals surface area (Å²) in [5.74, 6) is -0.435. The zero-order chi connectivity index (χ0) is 22.5. The van der Waals surface area contributed by atoms with E-state index in [1.54, 1.807) is 53.4 Å². The summed E-state index contributed by atoms with van der Waals surface area (Å²) >= 11 is 6.12. The van der Waals surface area contributed by atoms with Crippen molar-refractivity contribution in [1.82, 2.24) is 20.2 Å². The molecule has 0 bridgehead atoms. The van der Waals surface area contributed by atoms with Crippen LogP contribution in [0, 0.1) is 5.92 Å². The molecule has 0 radical (unpaired) electrons. The molecule has 0 fully saturated rings. The number of benzene rings is 2. The van der Waals surface area contributed by atoms with Crippen molar-refractivity contribution in [3.63, 3.8) is 0 Å². The van der Waals surface area contributed by atoms with Crippen molar-refractivity contribution in [3.8, 4) is 0 Å². The molecule has 1 aromatic heterocycles. The number of carbonyl (C=O) groups is 2. The minimum atomic E-state index is -0.754. The highest BCUT2D eigenvalue weighted by Gasteiger charge is 2.29. The van der Waals surface area contributed by atoms with Crippen molar-refractivity contribution in [2.75, 3.05) is 6.54 Å². The zero-order valence-electron chi connectivity index (χ0n) is 17.7. The first-order valence-electron chi connectivity index (χ1n) is 10.1. The van der Waals surface area contributed by atoms with E-state index in [0.29, 0.717) is 33.9 Å². The van der Waals surface area contributed by atoms with Gasteiger partial charge in [-0.3, -0.25) is 14.4 Å². The van der Waals surface area contributed by atoms with Crippen molar-refractivity contribution in [2.24, 2.45) is 5.92 Å². The molecular weight excluding hydrogens is 416 g/mol. The summed E-state index contributed by atoms with van der Waals surface area (Å²) in [6, 6.07) is 13.0. The zero-order valence-corrected chi connectivity index (χ0v) is 18.4. The molecule has 3 rings (SSSR count). The van der Waals surface area contributed by atoms with Gasteiger partial charge in [-0.2, -0.15) is 0 Å². The maximum Gasteiger partial charge on any atom is 0.258 e. The molecule has 0 spiro atoms. The summed E-state index contributed by atoms with van der Waals surface area (Å²) in [7, 11) is 0. The van der Waals surface area contributed by atoms with Crippen LogP contribution in [0.2, 0.25) is 5.02 Å². The van der Waals surface area contributed by atoms with Crippen molar-refractivity contribution in [3.05, 3.63) is 75.3 Å². The van der Waals surface area contributed by atoms with Crippen LogP contribution in [-0.4, -0.2) is 39.3 Å². The van der Waals surface area contributed by atoms with E-state index in [9.17, 15) is 14.4 Å². The molecule has 0 aliphatic rings. The van der Waals surface area contributed by atoms with E-state index in [1.807, 2.05) is 20.8 Å². The molecule has 31 heavy (non-hydrogen) atoms. The second-order valence-electron chi connectivity index (χ2n) is 7.56. The Balaban J connectivity index is 1.82. The molecule has 162 valence electrons. The van der Waals surface area contributed by atoms with Crippen LogP contribution in [0.3, 0.4) is 0 Å². The van der Waals surface area contributed by atoms with E-state index in [0.717, 1.165) is 0 Å². The van der Waals surface area contributed by atoms with E-state index < -0.39 is 11.9 Å². The first-order valence-corrected chi connectivity index (χ1v) is 10.5. The summed E-state index contributed by atoms with van der Waals surface area (Å²) in [4.78, 5) is 47.1. The Morgan fingerprint density at radius 2 is 1.81 bits per heavy atom. The fourth-order valence-corrected chi connectivity index (χ4v) is 3.53. The third-order valence-electron chi connectivity index (χ3n) is 5.03. The number of hydrogen-bond donors (Lipinski definition) is 2. The van der Waals surface area contributed by atoms with Crippen molar-refractivity contribution < 1.29 is 9.59 Å². The van der Waals surface area contributed by atoms with E-state index in [-0.39, 0.29) is 23.9 Å². The van der Waals surface area contributed by atoms with Crippen LogP contribution in [0.1, 0.15) is 37.0 Å². The smallest absolute Gasteiger partial charge is 0.258 e. The SMILES string of the molecule is CCN(Cc1nc2ccccc2c(=O)[nH]1)C(=O)C(NC(=O)c1ccccc1Cl)C(C)C. The third kappa shape index (κ3) is 5.11. The molecular formula is C23H25ClN4O3. The van der Waals surface area contributed by atoms with Crippen LogP contribution < -0.4 is 10.9 Å². The summed E-state index contributed by atoms with van der Waals surface area (Å²) < 4.78 is 0. The summed E-state index contributed by atoms with van der Waals surface area (Å²) in [6.45, 7) is 6.07. The van der Waals surface area contributed by atoms with Crippen molar-refractivity contribution in [2.45, 2.75) is 33.4 Å². The van der Waals surface area contributed by atoms with Gasteiger partial charge >= 0.3 is 0 Å². The Kier molecular flexibility index (Phi) is 7.07. The Hall–Kier alpha value is -3.19. The maximum atomic E-state index is 13.3. The topological polar surface area (TPSA) is 95.2 Å². The van der Waals surface area contributed by atoms with E-state index in [1.165, 1.54) is 0 Å². The fourth-order valence-electron chi connectivity index (χ4n) is 3.31. The predicted octanol–water partition coefficient (Wildman–Crippen LogP) is 3.38. The molecule has 0 saturated heterocycles. The number of rotatable bonds is 7. The average molecular weight is 441 g/mol. The van der Waals surface area contributed by atoms with Crippen molar-refractivity contribution in [1.29, 1.82) is 0 Å². The number of nitrogens with one attached hydrogen (secondary N) is 2. The average Bonchev–Trinajstić information content (AvgIpc) is 2.75. The second kappa shape index (κ2) is 9.75. The number of nitrogens with zero attached hydrogens (tertiary/aromatic N) is 2. The van der Waals surface area contributed by atoms with Crippen LogP contribution >= 0.6 is 11.6 Å². The normalized spacial score (nSPS) is 12.0. The number of hydrogen-bond acceptors (Lipinski definition) is 4. The molecule has 0 aliphatic carbocycles. The Morgan fingerprint density at radius 3 is 2.48 bits per heavy atom. The monoisotopic (exact) mass is 440 g/mol. The lowest BCUT2D eigenvalue weighted by Crippen LogP contribution is -2.51. The van der Waals surface area contributed by atoms with E-state index >= 15 is 0 Å². The van der Waals surface area contributed by atoms with Gasteiger partial charge in [-0.15, -0.1) is 0 Å². The summed E-state index contributed by atoms with van der Waals surface area (Å²) in [5.41, 5.74) is 0.625. The van der Waals surface area contributed by atoms with E-state index in [4.69, 9.17) is 11.6 Å². The molecule has 1 atom stereocenters. The number of aromatic nitrogens is 2. The van der Waals surface area contributed by atoms with Gasteiger partial charge in [-0.05, 0) is 37.1 Å². The molecule has 1 unspecified atom stereocenters. The number of likely N-dealkylation sites (N-methyl/N-ethyl adjacent to an activating group) is 1. The number of halogens is 1. The lowest BCUT2D eigenvalue weighted by Gasteiger charge is -2.29. The molecule has 2 N–H and O–H groups in total. The molecule has 0 saturated carbocycles.